The predicted octanol–water partition coefficient (Wildman–Crippen LogP) is 2.58. The van der Waals surface area contributed by atoms with Crippen LogP contribution in [0.4, 0.5) is 13.2 Å². The second kappa shape index (κ2) is 8.77. The number of carboxylic acid groups (broad SMARTS) is 1. The number of morpholine rings is 1. The molecule has 0 aliphatic carbocycles. The molecule has 0 amide bonds. The van der Waals surface area contributed by atoms with E-state index in [0.29, 0.717) is 31.9 Å². The van der Waals surface area contributed by atoms with Crippen LogP contribution in [0.1, 0.15) is 26.7 Å². The zero-order valence-electron chi connectivity index (χ0n) is 15.0. The number of ether oxygens (including phenoxy) is 2. The summed E-state index contributed by atoms with van der Waals surface area (Å²) in [6.45, 7) is 5.97. The quantitative estimate of drug-likeness (QED) is 0.735. The van der Waals surface area contributed by atoms with Crippen LogP contribution in [0.25, 0.3) is 0 Å². The van der Waals surface area contributed by atoms with Crippen LogP contribution >= 0.6 is 0 Å². The topological polar surface area (TPSA) is 62.2 Å². The normalized spacial score (nSPS) is 22.4. The number of carbonyl (C=O) groups is 1. The molecule has 0 spiro atoms. The summed E-state index contributed by atoms with van der Waals surface area (Å²) in [6.07, 6.45) is -3.88. The van der Waals surface area contributed by atoms with Crippen molar-refractivity contribution in [3.05, 3.63) is 23.1 Å². The van der Waals surface area contributed by atoms with Crippen molar-refractivity contribution in [3.8, 4) is 0 Å². The zero-order chi connectivity index (χ0) is 19.3. The van der Waals surface area contributed by atoms with Gasteiger partial charge in [0.2, 0.25) is 5.88 Å². The van der Waals surface area contributed by atoms with Gasteiger partial charge in [0.1, 0.15) is 11.7 Å². The Balaban J connectivity index is 2.31. The fraction of sp³-hybridized carbons (Fsp3) is 0.706. The Morgan fingerprint density at radius 3 is 2.58 bits per heavy atom. The van der Waals surface area contributed by atoms with Gasteiger partial charge < -0.3 is 19.5 Å². The van der Waals surface area contributed by atoms with Gasteiger partial charge in [-0.25, -0.2) is 4.79 Å². The third kappa shape index (κ3) is 5.14. The monoisotopic (exact) mass is 378 g/mol. The first-order chi connectivity index (χ1) is 12.2. The van der Waals surface area contributed by atoms with Crippen LogP contribution < -0.4 is 0 Å². The highest BCUT2D eigenvalue weighted by atomic mass is 19.4. The summed E-state index contributed by atoms with van der Waals surface area (Å²) in [5.41, 5.74) is 0.549. The molecule has 1 N–H and O–H groups in total. The summed E-state index contributed by atoms with van der Waals surface area (Å²) in [5.74, 6) is -1.01. The van der Waals surface area contributed by atoms with Gasteiger partial charge >= 0.3 is 12.1 Å². The largest absolute Gasteiger partial charge is 0.479 e. The second-order valence-electron chi connectivity index (χ2n) is 6.24. The van der Waals surface area contributed by atoms with E-state index in [1.165, 1.54) is 0 Å². The van der Waals surface area contributed by atoms with Crippen molar-refractivity contribution in [2.75, 3.05) is 39.5 Å². The second-order valence-corrected chi connectivity index (χ2v) is 6.24. The summed E-state index contributed by atoms with van der Waals surface area (Å²) in [4.78, 5) is 15.4. The van der Waals surface area contributed by atoms with Gasteiger partial charge in [0, 0.05) is 26.1 Å². The Labute approximate surface area is 150 Å². The fourth-order valence-electron chi connectivity index (χ4n) is 3.21. The van der Waals surface area contributed by atoms with Crippen LogP contribution in [0.15, 0.2) is 23.1 Å². The van der Waals surface area contributed by atoms with Gasteiger partial charge in [0.05, 0.1) is 19.8 Å². The minimum absolute atomic E-state index is 0.00312. The average molecular weight is 378 g/mol. The van der Waals surface area contributed by atoms with Crippen molar-refractivity contribution >= 4 is 5.97 Å². The van der Waals surface area contributed by atoms with E-state index in [2.05, 4.69) is 4.90 Å². The zero-order valence-corrected chi connectivity index (χ0v) is 15.0. The highest BCUT2D eigenvalue weighted by Crippen LogP contribution is 2.31. The molecule has 1 atom stereocenters. The van der Waals surface area contributed by atoms with E-state index in [4.69, 9.17) is 9.47 Å². The molecule has 1 unspecified atom stereocenters. The molecule has 26 heavy (non-hydrogen) atoms. The number of nitrogens with zero attached hydrogens (tertiary/aromatic N) is 2. The maximum atomic E-state index is 12.6. The minimum Gasteiger partial charge on any atom is -0.479 e. The van der Waals surface area contributed by atoms with E-state index in [1.807, 2.05) is 0 Å². The first-order valence-corrected chi connectivity index (χ1v) is 8.69. The summed E-state index contributed by atoms with van der Waals surface area (Å²) in [7, 11) is 0. The van der Waals surface area contributed by atoms with Gasteiger partial charge in [-0.2, -0.15) is 13.2 Å². The van der Waals surface area contributed by atoms with E-state index in [1.54, 1.807) is 24.8 Å². The number of hydrogen-bond donors (Lipinski definition) is 1. The fourth-order valence-corrected chi connectivity index (χ4v) is 3.21. The Bertz CT molecular complexity index is 569. The van der Waals surface area contributed by atoms with Crippen LogP contribution in [-0.2, 0) is 14.3 Å². The number of rotatable bonds is 7. The molecule has 0 saturated carbocycles. The van der Waals surface area contributed by atoms with Crippen molar-refractivity contribution in [1.29, 1.82) is 0 Å². The molecule has 2 heterocycles. The number of alkyl halides is 3. The molecule has 0 bridgehead atoms. The third-order valence-corrected chi connectivity index (χ3v) is 4.36. The van der Waals surface area contributed by atoms with Gasteiger partial charge in [-0.3, -0.25) is 4.90 Å². The first kappa shape index (κ1) is 20.6. The summed E-state index contributed by atoms with van der Waals surface area (Å²) in [5, 5.41) is 9.56. The lowest BCUT2D eigenvalue weighted by atomic mass is 10.0. The van der Waals surface area contributed by atoms with E-state index in [-0.39, 0.29) is 37.2 Å². The molecule has 0 radical (unpaired) electrons. The molecule has 0 aromatic carbocycles. The highest BCUT2D eigenvalue weighted by Gasteiger charge is 2.36. The lowest BCUT2D eigenvalue weighted by Crippen LogP contribution is -2.53. The van der Waals surface area contributed by atoms with Crippen molar-refractivity contribution in [3.63, 3.8) is 0 Å². The van der Waals surface area contributed by atoms with Crippen molar-refractivity contribution in [2.45, 2.75) is 39.0 Å². The Morgan fingerprint density at radius 1 is 1.38 bits per heavy atom. The van der Waals surface area contributed by atoms with E-state index in [0.717, 1.165) is 0 Å². The van der Waals surface area contributed by atoms with Gasteiger partial charge in [-0.1, -0.05) is 0 Å². The molecule has 2 aliphatic rings. The van der Waals surface area contributed by atoms with Crippen LogP contribution in [0.3, 0.4) is 0 Å². The van der Waals surface area contributed by atoms with E-state index in [9.17, 15) is 23.1 Å². The number of aliphatic carboxylic acids is 1. The number of hydrogen-bond acceptors (Lipinski definition) is 5. The van der Waals surface area contributed by atoms with Gasteiger partial charge in [0.25, 0.3) is 0 Å². The lowest BCUT2D eigenvalue weighted by Gasteiger charge is -2.44. The van der Waals surface area contributed by atoms with Crippen molar-refractivity contribution < 1.29 is 32.5 Å². The molecular weight excluding hydrogens is 353 g/mol. The molecule has 6 nitrogen and oxygen atoms in total. The molecule has 0 aromatic heterocycles. The van der Waals surface area contributed by atoms with Gasteiger partial charge in [-0.15, -0.1) is 0 Å². The van der Waals surface area contributed by atoms with Crippen molar-refractivity contribution in [1.82, 2.24) is 9.80 Å². The molecular formula is C17H25F3N2O4. The highest BCUT2D eigenvalue weighted by molar-refractivity contribution is 5.92. The SMILES string of the molecule is CCOC1=C(C(=O)O)C(C)=CC(N2CCOCC2)N1CCCC(F)(F)F. The number of halogens is 3. The maximum absolute atomic E-state index is 12.6. The van der Waals surface area contributed by atoms with Crippen molar-refractivity contribution in [2.24, 2.45) is 0 Å². The average Bonchev–Trinajstić information content (AvgIpc) is 2.56. The molecule has 0 aromatic rings. The summed E-state index contributed by atoms with van der Waals surface area (Å²) in [6, 6.07) is 0. The van der Waals surface area contributed by atoms with Crippen LogP contribution in [0, 0.1) is 0 Å². The number of carboxylic acids is 1. The Kier molecular flexibility index (Phi) is 6.94. The van der Waals surface area contributed by atoms with Crippen LogP contribution in [0.5, 0.6) is 0 Å². The standard InChI is InChI=1S/C17H25F3N2O4/c1-3-26-15-14(16(23)24)12(2)11-13(21-7-9-25-10-8-21)22(15)6-4-5-17(18,19)20/h11,13H,3-10H2,1-2H3,(H,23,24). The van der Waals surface area contributed by atoms with Crippen LogP contribution in [0.2, 0.25) is 0 Å². The van der Waals surface area contributed by atoms with Crippen LogP contribution in [-0.4, -0.2) is 72.7 Å². The molecule has 148 valence electrons. The molecule has 1 fully saturated rings. The summed E-state index contributed by atoms with van der Waals surface area (Å²) < 4.78 is 48.7. The maximum Gasteiger partial charge on any atom is 0.389 e. The Hall–Kier alpha value is -1.74. The summed E-state index contributed by atoms with van der Waals surface area (Å²) >= 11 is 0. The Morgan fingerprint density at radius 2 is 2.04 bits per heavy atom. The van der Waals surface area contributed by atoms with Gasteiger partial charge in [-0.05, 0) is 31.9 Å². The first-order valence-electron chi connectivity index (χ1n) is 8.69. The minimum atomic E-state index is -4.25. The van der Waals surface area contributed by atoms with E-state index < -0.39 is 18.6 Å². The predicted molar refractivity (Wildman–Crippen MR) is 88.2 cm³/mol. The van der Waals surface area contributed by atoms with E-state index >= 15 is 0 Å². The lowest BCUT2D eigenvalue weighted by molar-refractivity contribution is -0.138. The molecule has 9 heteroatoms. The molecule has 2 rings (SSSR count). The smallest absolute Gasteiger partial charge is 0.389 e. The van der Waals surface area contributed by atoms with Gasteiger partial charge in [0.15, 0.2) is 0 Å². The molecule has 2 aliphatic heterocycles. The third-order valence-electron chi connectivity index (χ3n) is 4.36. The molecule has 1 saturated heterocycles.